The van der Waals surface area contributed by atoms with Crippen molar-refractivity contribution >= 4 is 17.2 Å². The Morgan fingerprint density at radius 1 is 1.29 bits per heavy atom. The van der Waals surface area contributed by atoms with Gasteiger partial charge in [-0.15, -0.1) is 11.3 Å². The molecule has 0 atom stereocenters. The molecule has 0 aromatic carbocycles. The molecule has 0 unspecified atom stereocenters. The number of aromatic nitrogens is 3. The molecular weight excluding hydrogens is 232 g/mol. The molecule has 0 aliphatic carbocycles. The van der Waals surface area contributed by atoms with Crippen LogP contribution in [-0.2, 0) is 6.42 Å². The van der Waals surface area contributed by atoms with Gasteiger partial charge >= 0.3 is 0 Å². The van der Waals surface area contributed by atoms with Gasteiger partial charge in [0.2, 0.25) is 0 Å². The van der Waals surface area contributed by atoms with Crippen LogP contribution in [0.3, 0.4) is 0 Å². The molecule has 0 spiro atoms. The van der Waals surface area contributed by atoms with Crippen LogP contribution < -0.4 is 5.32 Å². The fourth-order valence-electron chi connectivity index (χ4n) is 1.56. The number of aryl methyl sites for hydroxylation is 2. The molecular formula is C12H16N4S. The molecule has 90 valence electrons. The number of hydrogen-bond acceptors (Lipinski definition) is 5. The molecule has 0 saturated heterocycles. The maximum atomic E-state index is 4.55. The summed E-state index contributed by atoms with van der Waals surface area (Å²) >= 11 is 1.58. The molecule has 0 amide bonds. The van der Waals surface area contributed by atoms with Crippen LogP contribution in [0.15, 0.2) is 11.4 Å². The first-order valence-electron chi connectivity index (χ1n) is 5.71. The number of anilines is 1. The molecule has 17 heavy (non-hydrogen) atoms. The van der Waals surface area contributed by atoms with E-state index in [1.165, 1.54) is 0 Å². The van der Waals surface area contributed by atoms with Crippen LogP contribution in [0, 0.1) is 6.92 Å². The smallest absolute Gasteiger partial charge is 0.190 e. The normalized spacial score (nSPS) is 10.5. The molecule has 0 saturated carbocycles. The van der Waals surface area contributed by atoms with E-state index in [-0.39, 0.29) is 0 Å². The molecule has 0 bridgehead atoms. The molecule has 0 fully saturated rings. The Kier molecular flexibility index (Phi) is 3.68. The molecule has 5 heteroatoms. The first kappa shape index (κ1) is 12.0. The van der Waals surface area contributed by atoms with Crippen molar-refractivity contribution in [2.45, 2.75) is 26.7 Å². The SMILES string of the molecule is CCCc1cc(NC)nc(-c2nc(C)cs2)n1. The lowest BCUT2D eigenvalue weighted by atomic mass is 10.2. The molecule has 2 aromatic rings. The quantitative estimate of drug-likeness (QED) is 0.904. The maximum Gasteiger partial charge on any atom is 0.190 e. The van der Waals surface area contributed by atoms with E-state index in [1.54, 1.807) is 11.3 Å². The van der Waals surface area contributed by atoms with E-state index >= 15 is 0 Å². The zero-order valence-electron chi connectivity index (χ0n) is 10.3. The van der Waals surface area contributed by atoms with Crippen molar-refractivity contribution in [3.8, 4) is 10.8 Å². The highest BCUT2D eigenvalue weighted by molar-refractivity contribution is 7.13. The van der Waals surface area contributed by atoms with Crippen LogP contribution in [0.25, 0.3) is 10.8 Å². The van der Waals surface area contributed by atoms with Gasteiger partial charge in [0.05, 0.1) is 0 Å². The van der Waals surface area contributed by atoms with Crippen molar-refractivity contribution in [3.63, 3.8) is 0 Å². The monoisotopic (exact) mass is 248 g/mol. The zero-order valence-corrected chi connectivity index (χ0v) is 11.1. The Bertz CT molecular complexity index is 507. The number of nitrogens with one attached hydrogen (secondary N) is 1. The predicted molar refractivity (Wildman–Crippen MR) is 71.4 cm³/mol. The highest BCUT2D eigenvalue weighted by atomic mass is 32.1. The van der Waals surface area contributed by atoms with E-state index in [9.17, 15) is 0 Å². The molecule has 2 rings (SSSR count). The van der Waals surface area contributed by atoms with E-state index in [2.05, 4.69) is 27.2 Å². The number of rotatable bonds is 4. The molecule has 0 radical (unpaired) electrons. The summed E-state index contributed by atoms with van der Waals surface area (Å²) in [6, 6.07) is 1.99. The summed E-state index contributed by atoms with van der Waals surface area (Å²) < 4.78 is 0. The van der Waals surface area contributed by atoms with Gasteiger partial charge in [0.25, 0.3) is 0 Å². The average Bonchev–Trinajstić information content (AvgIpc) is 2.76. The van der Waals surface area contributed by atoms with Crippen LogP contribution in [0.5, 0.6) is 0 Å². The van der Waals surface area contributed by atoms with E-state index in [0.717, 1.165) is 40.9 Å². The second-order valence-electron chi connectivity index (χ2n) is 3.86. The standard InChI is InChI=1S/C12H16N4S/c1-4-5-9-6-10(13-3)16-11(15-9)12-14-8(2)7-17-12/h6-7H,4-5H2,1-3H3,(H,13,15,16). The summed E-state index contributed by atoms with van der Waals surface area (Å²) in [5, 5.41) is 5.97. The van der Waals surface area contributed by atoms with Gasteiger partial charge in [-0.05, 0) is 13.3 Å². The van der Waals surface area contributed by atoms with E-state index in [0.29, 0.717) is 0 Å². The summed E-state index contributed by atoms with van der Waals surface area (Å²) in [6.45, 7) is 4.13. The van der Waals surface area contributed by atoms with Gasteiger partial charge in [-0.2, -0.15) is 0 Å². The summed E-state index contributed by atoms with van der Waals surface area (Å²) in [4.78, 5) is 13.4. The van der Waals surface area contributed by atoms with Crippen molar-refractivity contribution < 1.29 is 0 Å². The largest absolute Gasteiger partial charge is 0.373 e. The van der Waals surface area contributed by atoms with E-state index < -0.39 is 0 Å². The lowest BCUT2D eigenvalue weighted by Gasteiger charge is -2.05. The Labute approximate surface area is 105 Å². The van der Waals surface area contributed by atoms with Gasteiger partial charge < -0.3 is 5.32 Å². The van der Waals surface area contributed by atoms with Crippen LogP contribution in [-0.4, -0.2) is 22.0 Å². The number of thiazole rings is 1. The molecule has 0 aliphatic rings. The molecule has 4 nitrogen and oxygen atoms in total. The summed E-state index contributed by atoms with van der Waals surface area (Å²) in [5.74, 6) is 1.57. The number of nitrogens with zero attached hydrogens (tertiary/aromatic N) is 3. The average molecular weight is 248 g/mol. The van der Waals surface area contributed by atoms with Crippen LogP contribution >= 0.6 is 11.3 Å². The summed E-state index contributed by atoms with van der Waals surface area (Å²) in [7, 11) is 1.87. The summed E-state index contributed by atoms with van der Waals surface area (Å²) in [5.41, 5.74) is 2.08. The maximum absolute atomic E-state index is 4.55. The van der Waals surface area contributed by atoms with Gasteiger partial charge in [-0.3, -0.25) is 0 Å². The minimum atomic E-state index is 0.721. The topological polar surface area (TPSA) is 50.7 Å². The molecule has 1 N–H and O–H groups in total. The van der Waals surface area contributed by atoms with Gasteiger partial charge in [0.15, 0.2) is 10.8 Å². The van der Waals surface area contributed by atoms with Crippen molar-refractivity contribution in [2.24, 2.45) is 0 Å². The van der Waals surface area contributed by atoms with Gasteiger partial charge in [-0.25, -0.2) is 15.0 Å². The fourth-order valence-corrected chi connectivity index (χ4v) is 2.29. The van der Waals surface area contributed by atoms with Crippen molar-refractivity contribution in [2.75, 3.05) is 12.4 Å². The molecule has 2 heterocycles. The Morgan fingerprint density at radius 2 is 2.12 bits per heavy atom. The number of hydrogen-bond donors (Lipinski definition) is 1. The third-order valence-corrected chi connectivity index (χ3v) is 3.31. The first-order valence-corrected chi connectivity index (χ1v) is 6.59. The van der Waals surface area contributed by atoms with Crippen LogP contribution in [0.1, 0.15) is 24.7 Å². The second-order valence-corrected chi connectivity index (χ2v) is 4.72. The van der Waals surface area contributed by atoms with Gasteiger partial charge in [0, 0.05) is 29.9 Å². The van der Waals surface area contributed by atoms with Crippen molar-refractivity contribution in [1.29, 1.82) is 0 Å². The summed E-state index contributed by atoms with van der Waals surface area (Å²) in [6.07, 6.45) is 2.05. The van der Waals surface area contributed by atoms with Crippen molar-refractivity contribution in [1.82, 2.24) is 15.0 Å². The highest BCUT2D eigenvalue weighted by Crippen LogP contribution is 2.22. The van der Waals surface area contributed by atoms with Gasteiger partial charge in [0.1, 0.15) is 5.82 Å². The van der Waals surface area contributed by atoms with Crippen molar-refractivity contribution in [3.05, 3.63) is 22.8 Å². The third-order valence-electron chi connectivity index (χ3n) is 2.35. The van der Waals surface area contributed by atoms with E-state index in [4.69, 9.17) is 0 Å². The lowest BCUT2D eigenvalue weighted by molar-refractivity contribution is 0.875. The minimum absolute atomic E-state index is 0.721. The second kappa shape index (κ2) is 5.23. The molecule has 0 aliphatic heterocycles. The van der Waals surface area contributed by atoms with Crippen LogP contribution in [0.2, 0.25) is 0 Å². The zero-order chi connectivity index (χ0) is 12.3. The minimum Gasteiger partial charge on any atom is -0.373 e. The lowest BCUT2D eigenvalue weighted by Crippen LogP contribution is -2.00. The Balaban J connectivity index is 2.42. The van der Waals surface area contributed by atoms with E-state index in [1.807, 2.05) is 25.4 Å². The van der Waals surface area contributed by atoms with Crippen LogP contribution in [0.4, 0.5) is 5.82 Å². The third kappa shape index (κ3) is 2.79. The Morgan fingerprint density at radius 3 is 2.71 bits per heavy atom. The van der Waals surface area contributed by atoms with Gasteiger partial charge in [-0.1, -0.05) is 13.3 Å². The fraction of sp³-hybridized carbons (Fsp3) is 0.417. The predicted octanol–water partition coefficient (Wildman–Crippen LogP) is 2.90. The highest BCUT2D eigenvalue weighted by Gasteiger charge is 2.09. The Hall–Kier alpha value is -1.49. The molecule has 2 aromatic heterocycles. The first-order chi connectivity index (χ1) is 8.22.